The minimum absolute atomic E-state index is 0.0651. The molecule has 0 aliphatic carbocycles. The fraction of sp³-hybridized carbons (Fsp3) is 0.444. The van der Waals surface area contributed by atoms with E-state index < -0.39 is 29.4 Å². The largest absolute Gasteiger partial charge is 0.504 e. The van der Waals surface area contributed by atoms with Gasteiger partial charge in [-0.3, -0.25) is 19.3 Å². The Hall–Kier alpha value is -3.43. The van der Waals surface area contributed by atoms with E-state index in [1.54, 1.807) is 44.4 Å². The van der Waals surface area contributed by atoms with Gasteiger partial charge < -0.3 is 24.2 Å². The summed E-state index contributed by atoms with van der Waals surface area (Å²) < 4.78 is 15.9. The topological polar surface area (TPSA) is 106 Å². The molecule has 0 saturated carbocycles. The van der Waals surface area contributed by atoms with Crippen molar-refractivity contribution in [1.82, 2.24) is 9.80 Å². The molecule has 0 aromatic heterocycles. The molecule has 192 valence electrons. The van der Waals surface area contributed by atoms with Gasteiger partial charge in [0.25, 0.3) is 5.91 Å². The predicted octanol–water partition coefficient (Wildman–Crippen LogP) is 2.39. The van der Waals surface area contributed by atoms with E-state index >= 15 is 0 Å². The van der Waals surface area contributed by atoms with Crippen LogP contribution in [0.1, 0.15) is 33.9 Å². The number of carbonyl (C=O) groups is 3. The summed E-state index contributed by atoms with van der Waals surface area (Å²) >= 11 is 0. The van der Waals surface area contributed by atoms with Crippen LogP contribution in [0, 0.1) is 12.8 Å². The van der Waals surface area contributed by atoms with E-state index in [9.17, 15) is 19.5 Å². The monoisotopic (exact) mass is 496 g/mol. The van der Waals surface area contributed by atoms with Crippen molar-refractivity contribution >= 4 is 17.5 Å². The minimum Gasteiger partial charge on any atom is -0.504 e. The number of carbonyl (C=O) groups excluding carboxylic acids is 3. The summed E-state index contributed by atoms with van der Waals surface area (Å²) in [6, 6.07) is 8.88. The first-order chi connectivity index (χ1) is 17.3. The van der Waals surface area contributed by atoms with Gasteiger partial charge in [0.1, 0.15) is 11.7 Å². The van der Waals surface area contributed by atoms with E-state index in [1.807, 2.05) is 0 Å². The van der Waals surface area contributed by atoms with Gasteiger partial charge in [0.15, 0.2) is 17.3 Å². The average molecular weight is 497 g/mol. The Kier molecular flexibility index (Phi) is 7.91. The number of aryl methyl sites for hydroxylation is 1. The number of hydrogen-bond donors (Lipinski definition) is 1. The van der Waals surface area contributed by atoms with Crippen LogP contribution in [0.5, 0.6) is 17.2 Å². The van der Waals surface area contributed by atoms with Crippen LogP contribution < -0.4 is 9.47 Å². The molecule has 2 aliphatic rings. The molecule has 36 heavy (non-hydrogen) atoms. The fourth-order valence-electron chi connectivity index (χ4n) is 4.97. The van der Waals surface area contributed by atoms with Crippen LogP contribution in [0.25, 0.3) is 0 Å². The lowest BCUT2D eigenvalue weighted by atomic mass is 9.85. The van der Waals surface area contributed by atoms with E-state index in [-0.39, 0.29) is 11.5 Å². The van der Waals surface area contributed by atoms with E-state index in [2.05, 4.69) is 4.90 Å². The van der Waals surface area contributed by atoms with Gasteiger partial charge in [-0.05, 0) is 54.8 Å². The van der Waals surface area contributed by atoms with Crippen molar-refractivity contribution in [3.05, 3.63) is 53.1 Å². The van der Waals surface area contributed by atoms with Crippen molar-refractivity contribution < 1.29 is 33.7 Å². The van der Waals surface area contributed by atoms with Crippen molar-refractivity contribution in [2.24, 2.45) is 5.92 Å². The third-order valence-electron chi connectivity index (χ3n) is 6.91. The van der Waals surface area contributed by atoms with E-state index in [4.69, 9.17) is 14.2 Å². The quantitative estimate of drug-likeness (QED) is 0.321. The van der Waals surface area contributed by atoms with E-state index in [0.717, 1.165) is 19.6 Å². The summed E-state index contributed by atoms with van der Waals surface area (Å²) in [5.41, 5.74) is 1.58. The Labute approximate surface area is 210 Å². The van der Waals surface area contributed by atoms with Gasteiger partial charge in [0.2, 0.25) is 5.78 Å². The molecule has 2 saturated heterocycles. The second-order valence-electron chi connectivity index (χ2n) is 9.07. The average Bonchev–Trinajstić information content (AvgIpc) is 3.14. The second-order valence-corrected chi connectivity index (χ2v) is 9.07. The third kappa shape index (κ3) is 5.08. The highest BCUT2D eigenvalue weighted by molar-refractivity contribution is 6.44. The number of ether oxygens (including phenoxy) is 3. The highest BCUT2D eigenvalue weighted by atomic mass is 16.5. The summed E-state index contributed by atoms with van der Waals surface area (Å²) in [5, 5.41) is 10.1. The van der Waals surface area contributed by atoms with Gasteiger partial charge in [-0.25, -0.2) is 0 Å². The number of benzene rings is 2. The number of amides is 1. The molecule has 2 atom stereocenters. The van der Waals surface area contributed by atoms with E-state index in [1.165, 1.54) is 18.1 Å². The van der Waals surface area contributed by atoms with E-state index in [0.29, 0.717) is 48.6 Å². The molecule has 2 aromatic rings. The summed E-state index contributed by atoms with van der Waals surface area (Å²) in [7, 11) is 2.96. The molecule has 0 bridgehead atoms. The highest BCUT2D eigenvalue weighted by Gasteiger charge is 2.51. The molecular formula is C27H32N2O7. The first-order valence-corrected chi connectivity index (χ1v) is 12.1. The van der Waals surface area contributed by atoms with Gasteiger partial charge in [-0.15, -0.1) is 0 Å². The normalized spacial score (nSPS) is 20.6. The molecule has 1 amide bonds. The lowest BCUT2D eigenvalue weighted by Gasteiger charge is -2.30. The lowest BCUT2D eigenvalue weighted by molar-refractivity contribution is -0.140. The maximum Gasteiger partial charge on any atom is 0.291 e. The SMILES string of the molecule is COc1ccc(C(=O)C2C(=O)C(=O)N(CCCN3CCOCC3)C2c2ccc(O)c(OC)c2)c(C)c1. The zero-order valence-electron chi connectivity index (χ0n) is 20.9. The number of ketones is 2. The predicted molar refractivity (Wildman–Crippen MR) is 132 cm³/mol. The molecule has 2 unspecified atom stereocenters. The van der Waals surface area contributed by atoms with Gasteiger partial charge in [0, 0.05) is 31.7 Å². The molecule has 2 aliphatic heterocycles. The van der Waals surface area contributed by atoms with Crippen LogP contribution in [-0.4, -0.2) is 86.0 Å². The Morgan fingerprint density at radius 3 is 2.47 bits per heavy atom. The number of methoxy groups -OCH3 is 2. The smallest absolute Gasteiger partial charge is 0.291 e. The molecule has 2 heterocycles. The number of rotatable bonds is 9. The van der Waals surface area contributed by atoms with Crippen LogP contribution in [0.15, 0.2) is 36.4 Å². The fourth-order valence-corrected chi connectivity index (χ4v) is 4.97. The van der Waals surface area contributed by atoms with Crippen molar-refractivity contribution in [2.45, 2.75) is 19.4 Å². The first kappa shape index (κ1) is 25.7. The van der Waals surface area contributed by atoms with Gasteiger partial charge in [0.05, 0.1) is 33.5 Å². The number of phenolic OH excluding ortho intramolecular Hbond substituents is 1. The molecule has 9 nitrogen and oxygen atoms in total. The molecule has 9 heteroatoms. The van der Waals surface area contributed by atoms with Crippen molar-refractivity contribution in [2.75, 3.05) is 53.6 Å². The zero-order chi connectivity index (χ0) is 25.8. The second kappa shape index (κ2) is 11.1. The number of Topliss-reactive ketones (excluding diaryl/α,β-unsaturated/α-hetero) is 2. The number of hydrogen-bond acceptors (Lipinski definition) is 8. The van der Waals surface area contributed by atoms with Crippen molar-refractivity contribution in [3.63, 3.8) is 0 Å². The molecule has 2 aromatic carbocycles. The first-order valence-electron chi connectivity index (χ1n) is 12.1. The summed E-state index contributed by atoms with van der Waals surface area (Å²) in [5.74, 6) is -2.27. The zero-order valence-corrected chi connectivity index (χ0v) is 20.9. The lowest BCUT2D eigenvalue weighted by Crippen LogP contribution is -2.39. The van der Waals surface area contributed by atoms with Crippen molar-refractivity contribution in [1.29, 1.82) is 0 Å². The number of aromatic hydroxyl groups is 1. The minimum atomic E-state index is -1.21. The Morgan fingerprint density at radius 2 is 1.81 bits per heavy atom. The third-order valence-corrected chi connectivity index (χ3v) is 6.91. The van der Waals surface area contributed by atoms with Crippen LogP contribution in [-0.2, 0) is 14.3 Å². The molecule has 4 rings (SSSR count). The molecular weight excluding hydrogens is 464 g/mol. The molecule has 0 radical (unpaired) electrons. The Bertz CT molecular complexity index is 1140. The maximum absolute atomic E-state index is 13.8. The van der Waals surface area contributed by atoms with Gasteiger partial charge in [-0.1, -0.05) is 6.07 Å². The number of likely N-dealkylation sites (tertiary alicyclic amines) is 1. The number of phenols is 1. The van der Waals surface area contributed by atoms with Gasteiger partial charge >= 0.3 is 0 Å². The Balaban J connectivity index is 1.67. The number of nitrogens with zero attached hydrogens (tertiary/aromatic N) is 2. The summed E-state index contributed by atoms with van der Waals surface area (Å²) in [6.45, 7) is 5.84. The molecule has 2 fully saturated rings. The van der Waals surface area contributed by atoms with Gasteiger partial charge in [-0.2, -0.15) is 0 Å². The van der Waals surface area contributed by atoms with Crippen LogP contribution in [0.2, 0.25) is 0 Å². The van der Waals surface area contributed by atoms with Crippen molar-refractivity contribution in [3.8, 4) is 17.2 Å². The van der Waals surface area contributed by atoms with Crippen LogP contribution in [0.4, 0.5) is 0 Å². The standard InChI is InChI=1S/C27H32N2O7/c1-17-15-19(34-2)6-7-20(17)25(31)23-24(18-5-8-21(30)22(16-18)35-3)29(27(33)26(23)32)10-4-9-28-11-13-36-14-12-28/h5-8,15-16,23-24,30H,4,9-14H2,1-3H3. The summed E-state index contributed by atoms with van der Waals surface area (Å²) in [4.78, 5) is 44.0. The number of morpholine rings is 1. The summed E-state index contributed by atoms with van der Waals surface area (Å²) in [6.07, 6.45) is 0.646. The Morgan fingerprint density at radius 1 is 1.06 bits per heavy atom. The van der Waals surface area contributed by atoms with Crippen LogP contribution in [0.3, 0.4) is 0 Å². The molecule has 0 spiro atoms. The van der Waals surface area contributed by atoms with Crippen LogP contribution >= 0.6 is 0 Å². The maximum atomic E-state index is 13.8. The highest BCUT2D eigenvalue weighted by Crippen LogP contribution is 2.41. The molecule has 1 N–H and O–H groups in total.